The predicted octanol–water partition coefficient (Wildman–Crippen LogP) is -3.04. The Morgan fingerprint density at radius 1 is 0.684 bits per heavy atom. The smallest absolute Gasteiger partial charge is 0.243 e. The molecule has 27 heteroatoms. The summed E-state index contributed by atoms with van der Waals surface area (Å²) in [5.41, 5.74) is 29.6. The summed E-state index contributed by atoms with van der Waals surface area (Å²) in [4.78, 5) is 149. The number of hydrogen-bond donors (Lipinski definition) is 15. The zero-order valence-electron chi connectivity index (χ0n) is 44.7. The molecule has 2 aromatic carbocycles. The maximum Gasteiger partial charge on any atom is 0.243 e. The lowest BCUT2D eigenvalue weighted by molar-refractivity contribution is -0.136. The molecular formula is C52H77N17O10. The van der Waals surface area contributed by atoms with Gasteiger partial charge in [-0.1, -0.05) is 48.5 Å². The number of hydrogen-bond acceptors (Lipinski definition) is 12. The number of aromatic nitrogens is 1. The molecule has 1 fully saturated rings. The Morgan fingerprint density at radius 2 is 1.28 bits per heavy atom. The number of guanidine groups is 2. The molecule has 0 radical (unpaired) electrons. The van der Waals surface area contributed by atoms with E-state index in [1.807, 2.05) is 24.3 Å². The molecule has 0 unspecified atom stereocenters. The molecule has 0 bridgehead atoms. The van der Waals surface area contributed by atoms with Crippen molar-refractivity contribution in [1.29, 1.82) is 0 Å². The highest BCUT2D eigenvalue weighted by Gasteiger charge is 2.35. The predicted molar refractivity (Wildman–Crippen MR) is 294 cm³/mol. The SMILES string of the molecule is CCNC(=O)[C@@H]1CCCCNC(=O)CC[C@H](NC(=O)[C@H](CCCN=C(N)N)NC(C)=O)C(=O)N[C@@H](CCC(N)=O)C(=O)N[C@H](Cc2ccccc2)C(=O)N[C@@H](CCCN=C(N)N)C(=O)N[C@@H](Cc2c[nH]c3ccccc23)C(=O)N1. The number of fused-ring (bicyclic) bond motifs is 1. The Hall–Kier alpha value is -8.78. The van der Waals surface area contributed by atoms with Gasteiger partial charge in [-0.25, -0.2) is 0 Å². The molecular weight excluding hydrogens is 1020 g/mol. The number of primary amides is 1. The summed E-state index contributed by atoms with van der Waals surface area (Å²) < 4.78 is 0. The summed E-state index contributed by atoms with van der Waals surface area (Å²) in [6.07, 6.45) is 1.10. The molecule has 20 N–H and O–H groups in total. The first-order chi connectivity index (χ1) is 37.7. The normalized spacial score (nSPS) is 20.7. The first-order valence-electron chi connectivity index (χ1n) is 26.4. The van der Waals surface area contributed by atoms with Crippen LogP contribution in [0.15, 0.2) is 70.8 Å². The minimum Gasteiger partial charge on any atom is -0.370 e. The molecule has 1 aliphatic heterocycles. The van der Waals surface area contributed by atoms with Gasteiger partial charge in [0, 0.05) is 75.9 Å². The van der Waals surface area contributed by atoms with E-state index in [-0.39, 0.29) is 102 Å². The minimum absolute atomic E-state index is 0.0283. The number of para-hydroxylation sites is 1. The lowest BCUT2D eigenvalue weighted by Gasteiger charge is -2.28. The number of nitrogens with one attached hydrogen (secondary N) is 10. The number of aliphatic imine (C=N–C) groups is 2. The lowest BCUT2D eigenvalue weighted by atomic mass is 10.0. The number of amides is 10. The second kappa shape index (κ2) is 32.7. The van der Waals surface area contributed by atoms with E-state index in [1.54, 1.807) is 43.5 Å². The quantitative estimate of drug-likeness (QED) is 0.0304. The molecule has 7 atom stereocenters. The molecule has 1 aliphatic rings. The van der Waals surface area contributed by atoms with Crippen LogP contribution in [0.4, 0.5) is 0 Å². The summed E-state index contributed by atoms with van der Waals surface area (Å²) in [5.74, 6) is -7.98. The van der Waals surface area contributed by atoms with Gasteiger partial charge in [0.25, 0.3) is 0 Å². The first kappa shape index (κ1) is 62.8. The van der Waals surface area contributed by atoms with Crippen LogP contribution in [0.1, 0.15) is 95.6 Å². The number of nitrogens with zero attached hydrogens (tertiary/aromatic N) is 2. The topological polar surface area (TPSA) is 450 Å². The van der Waals surface area contributed by atoms with Crippen LogP contribution in [0.3, 0.4) is 0 Å². The molecule has 10 amide bonds. The highest BCUT2D eigenvalue weighted by Crippen LogP contribution is 2.20. The largest absolute Gasteiger partial charge is 0.370 e. The van der Waals surface area contributed by atoms with Gasteiger partial charge in [0.2, 0.25) is 59.1 Å². The van der Waals surface area contributed by atoms with Crippen LogP contribution in [0.25, 0.3) is 10.9 Å². The van der Waals surface area contributed by atoms with E-state index >= 15 is 0 Å². The van der Waals surface area contributed by atoms with Crippen molar-refractivity contribution in [2.24, 2.45) is 38.7 Å². The molecule has 430 valence electrons. The zero-order chi connectivity index (χ0) is 57.9. The number of nitrogens with two attached hydrogens (primary N) is 5. The Labute approximate surface area is 457 Å². The highest BCUT2D eigenvalue weighted by molar-refractivity contribution is 5.98. The van der Waals surface area contributed by atoms with Gasteiger partial charge < -0.3 is 81.5 Å². The summed E-state index contributed by atoms with van der Waals surface area (Å²) in [6.45, 7) is 3.40. The maximum absolute atomic E-state index is 14.7. The van der Waals surface area contributed by atoms with Crippen molar-refractivity contribution in [2.75, 3.05) is 26.2 Å². The molecule has 0 spiro atoms. The number of rotatable bonds is 20. The molecule has 79 heavy (non-hydrogen) atoms. The Kier molecular flexibility index (Phi) is 26.0. The van der Waals surface area contributed by atoms with Crippen LogP contribution in [0, 0.1) is 0 Å². The van der Waals surface area contributed by atoms with Gasteiger partial charge in [0.1, 0.15) is 42.3 Å². The van der Waals surface area contributed by atoms with Crippen LogP contribution >= 0.6 is 0 Å². The zero-order valence-corrected chi connectivity index (χ0v) is 44.7. The Morgan fingerprint density at radius 3 is 1.94 bits per heavy atom. The van der Waals surface area contributed by atoms with Gasteiger partial charge in [-0.05, 0) is 81.9 Å². The average Bonchev–Trinajstić information content (AvgIpc) is 3.84. The number of aromatic amines is 1. The van der Waals surface area contributed by atoms with E-state index in [0.717, 1.165) is 10.9 Å². The van der Waals surface area contributed by atoms with E-state index < -0.39 is 108 Å². The third kappa shape index (κ3) is 22.4. The standard InChI is InChI=1S/C52H77N17O10/c1-3-58-44(73)35-17-9-10-24-59-43(72)23-21-39(67-45(74)36(63-30(2)70)18-11-25-60-51(54)55)47(76)66-38(20-22-42(53)71)48(77)68-40(27-31-13-5-4-6-14-31)49(78)65-37(19-12-26-61-52(56)57)46(75)69-41(50(79)64-35)28-32-29-62-34-16-8-7-15-33(32)34/h4-8,13-16,29,35-41,62H,3,9-12,17-28H2,1-2H3,(H2,53,71)(H,58,73)(H,59,72)(H,63,70)(H,64,79)(H,65,78)(H,66,76)(H,67,74)(H,68,77)(H,69,75)(H4,54,55,60)(H4,56,57,61)/t35-,36-,37-,38-,39-,40+,41-/m0/s1. The van der Waals surface area contributed by atoms with Crippen LogP contribution in [-0.2, 0) is 60.8 Å². The van der Waals surface area contributed by atoms with E-state index in [4.69, 9.17) is 28.7 Å². The molecule has 3 aromatic rings. The molecule has 2 heterocycles. The van der Waals surface area contributed by atoms with Crippen LogP contribution < -0.4 is 76.5 Å². The molecule has 4 rings (SSSR count). The summed E-state index contributed by atoms with van der Waals surface area (Å²) >= 11 is 0. The van der Waals surface area contributed by atoms with Gasteiger partial charge in [-0.15, -0.1) is 0 Å². The third-order valence-corrected chi connectivity index (χ3v) is 12.7. The van der Waals surface area contributed by atoms with E-state index in [0.29, 0.717) is 24.0 Å². The van der Waals surface area contributed by atoms with E-state index in [2.05, 4.69) is 62.8 Å². The average molecular weight is 1100 g/mol. The fourth-order valence-electron chi connectivity index (χ4n) is 8.67. The molecule has 0 aliphatic carbocycles. The molecule has 27 nitrogen and oxygen atoms in total. The van der Waals surface area contributed by atoms with Gasteiger partial charge in [0.15, 0.2) is 11.9 Å². The van der Waals surface area contributed by atoms with E-state index in [9.17, 15) is 47.9 Å². The Balaban J connectivity index is 1.79. The number of likely N-dealkylation sites (N-methyl/N-ethyl adjacent to an activating group) is 1. The molecule has 1 aromatic heterocycles. The van der Waals surface area contributed by atoms with Crippen LogP contribution in [0.2, 0.25) is 0 Å². The van der Waals surface area contributed by atoms with Gasteiger partial charge in [-0.2, -0.15) is 0 Å². The van der Waals surface area contributed by atoms with Gasteiger partial charge >= 0.3 is 0 Å². The second-order valence-corrected chi connectivity index (χ2v) is 19.1. The van der Waals surface area contributed by atoms with Gasteiger partial charge in [-0.3, -0.25) is 57.9 Å². The number of carbonyl (C=O) groups excluding carboxylic acids is 10. The summed E-state index contributed by atoms with van der Waals surface area (Å²) in [7, 11) is 0. The fourth-order valence-corrected chi connectivity index (χ4v) is 8.67. The first-order valence-corrected chi connectivity index (χ1v) is 26.4. The Bertz CT molecular complexity index is 2640. The van der Waals surface area contributed by atoms with Crippen molar-refractivity contribution in [1.82, 2.24) is 52.8 Å². The van der Waals surface area contributed by atoms with Gasteiger partial charge in [0.05, 0.1) is 0 Å². The maximum atomic E-state index is 14.7. The number of carbonyl (C=O) groups is 10. The van der Waals surface area contributed by atoms with Crippen molar-refractivity contribution in [2.45, 2.75) is 140 Å². The fraction of sp³-hybridized carbons (Fsp3) is 0.500. The molecule has 0 saturated carbocycles. The number of benzene rings is 2. The van der Waals surface area contributed by atoms with Crippen molar-refractivity contribution in [3.8, 4) is 0 Å². The lowest BCUT2D eigenvalue weighted by Crippen LogP contribution is -2.60. The van der Waals surface area contributed by atoms with Crippen LogP contribution in [0.5, 0.6) is 0 Å². The van der Waals surface area contributed by atoms with Crippen molar-refractivity contribution >= 4 is 81.9 Å². The molecule has 1 saturated heterocycles. The van der Waals surface area contributed by atoms with Crippen molar-refractivity contribution < 1.29 is 47.9 Å². The van der Waals surface area contributed by atoms with Crippen LogP contribution in [-0.4, -0.2) is 144 Å². The minimum atomic E-state index is -1.58. The number of H-pyrrole nitrogens is 1. The highest BCUT2D eigenvalue weighted by atomic mass is 16.2. The summed E-state index contributed by atoms with van der Waals surface area (Å²) in [5, 5.41) is 25.0. The summed E-state index contributed by atoms with van der Waals surface area (Å²) in [6, 6.07) is 6.30. The van der Waals surface area contributed by atoms with Crippen molar-refractivity contribution in [3.05, 3.63) is 71.9 Å². The van der Waals surface area contributed by atoms with E-state index in [1.165, 1.54) is 6.92 Å². The second-order valence-electron chi connectivity index (χ2n) is 19.1. The van der Waals surface area contributed by atoms with Crippen molar-refractivity contribution in [3.63, 3.8) is 0 Å². The third-order valence-electron chi connectivity index (χ3n) is 12.7. The monoisotopic (exact) mass is 1100 g/mol.